The summed E-state index contributed by atoms with van der Waals surface area (Å²) in [7, 11) is 1.69. The van der Waals surface area contributed by atoms with Crippen LogP contribution in [0.5, 0.6) is 11.8 Å². The van der Waals surface area contributed by atoms with Crippen LogP contribution in [0.1, 0.15) is 76.3 Å². The maximum Gasteiger partial charge on any atom is 0.422 e. The van der Waals surface area contributed by atoms with Gasteiger partial charge in [-0.2, -0.15) is 28.2 Å². The number of fused-ring (bicyclic) bond motifs is 2. The fourth-order valence-electron chi connectivity index (χ4n) is 8.59. The number of carbonyl (C=O) groups excluding carboxylic acids is 1. The minimum Gasteiger partial charge on any atom is -0.481 e. The lowest BCUT2D eigenvalue weighted by Gasteiger charge is -2.53. The smallest absolute Gasteiger partial charge is 0.422 e. The zero-order valence-electron chi connectivity index (χ0n) is 32.9. The van der Waals surface area contributed by atoms with Gasteiger partial charge in [-0.25, -0.2) is 4.79 Å². The Morgan fingerprint density at radius 2 is 1.71 bits per heavy atom. The molecule has 4 aliphatic rings. The third kappa shape index (κ3) is 8.07. The topological polar surface area (TPSA) is 118 Å². The molecule has 0 radical (unpaired) electrons. The van der Waals surface area contributed by atoms with E-state index in [-0.39, 0.29) is 35.3 Å². The van der Waals surface area contributed by atoms with Gasteiger partial charge in [0.1, 0.15) is 23.0 Å². The van der Waals surface area contributed by atoms with Crippen LogP contribution in [0.2, 0.25) is 0 Å². The molecule has 302 valence electrons. The molecule has 3 aliphatic heterocycles. The van der Waals surface area contributed by atoms with Gasteiger partial charge in [0, 0.05) is 74.7 Å². The molecule has 1 amide bonds. The minimum atomic E-state index is -4.58. The summed E-state index contributed by atoms with van der Waals surface area (Å²) < 4.78 is 65.8. The second-order valence-electron chi connectivity index (χ2n) is 17.1. The number of halogens is 3. The number of hydrogen-bond donors (Lipinski definition) is 1. The Hall–Kier alpha value is -4.37. The number of methoxy groups -OCH3 is 1. The molecule has 4 aromatic rings. The minimum absolute atomic E-state index is 0.0273. The molecule has 56 heavy (non-hydrogen) atoms. The number of piperidine rings is 2. The van der Waals surface area contributed by atoms with Crippen molar-refractivity contribution >= 4 is 33.7 Å². The molecule has 2 aromatic carbocycles. The van der Waals surface area contributed by atoms with E-state index in [9.17, 15) is 18.0 Å². The zero-order valence-corrected chi connectivity index (χ0v) is 32.9. The lowest BCUT2D eigenvalue weighted by molar-refractivity contribution is -0.153. The monoisotopic (exact) mass is 779 g/mol. The molecule has 2 aromatic heterocycles. The van der Waals surface area contributed by atoms with Crippen LogP contribution >= 0.6 is 0 Å². The molecule has 3 saturated heterocycles. The van der Waals surface area contributed by atoms with Crippen LogP contribution in [0.25, 0.3) is 32.9 Å². The molecule has 0 bridgehead atoms. The van der Waals surface area contributed by atoms with E-state index < -0.39 is 18.4 Å². The Morgan fingerprint density at radius 3 is 2.38 bits per heavy atom. The Labute approximate surface area is 325 Å². The highest BCUT2D eigenvalue weighted by atomic mass is 19.4. The number of benzene rings is 2. The van der Waals surface area contributed by atoms with Gasteiger partial charge < -0.3 is 33.6 Å². The predicted octanol–water partition coefficient (Wildman–Crippen LogP) is 7.63. The zero-order chi connectivity index (χ0) is 39.4. The fourth-order valence-corrected chi connectivity index (χ4v) is 8.59. The van der Waals surface area contributed by atoms with Crippen LogP contribution in [0.3, 0.4) is 0 Å². The first-order valence-corrected chi connectivity index (χ1v) is 19.8. The molecule has 1 spiro atoms. The summed E-state index contributed by atoms with van der Waals surface area (Å²) >= 11 is 0. The Balaban J connectivity index is 1.20. The van der Waals surface area contributed by atoms with Crippen molar-refractivity contribution in [3.63, 3.8) is 0 Å². The summed E-state index contributed by atoms with van der Waals surface area (Å²) in [5, 5.41) is 8.76. The average Bonchev–Trinajstić information content (AvgIpc) is 3.87. The number of amides is 1. The number of carbonyl (C=O) groups is 1. The van der Waals surface area contributed by atoms with Crippen molar-refractivity contribution in [1.29, 1.82) is 0 Å². The second-order valence-corrected chi connectivity index (χ2v) is 17.1. The van der Waals surface area contributed by atoms with Crippen molar-refractivity contribution in [2.75, 3.05) is 71.0 Å². The van der Waals surface area contributed by atoms with Gasteiger partial charge in [-0.15, -0.1) is 0 Å². The SMILES string of the molecule is COCCN1CCC(Oc2nc(N3CCC4(CC3)CN(C(=O)OC(C)(C)C)C4)c3cc(C4CC4)c(-c4c(C)ccc5[nH]ncc45)c(OCC(F)(F)F)c3n2)CC1. The molecule has 1 aliphatic carbocycles. The summed E-state index contributed by atoms with van der Waals surface area (Å²) in [6.45, 7) is 11.8. The van der Waals surface area contributed by atoms with Crippen LogP contribution in [-0.2, 0) is 9.47 Å². The van der Waals surface area contributed by atoms with Gasteiger partial charge in [-0.05, 0) is 101 Å². The highest BCUT2D eigenvalue weighted by molar-refractivity contribution is 6.06. The summed E-state index contributed by atoms with van der Waals surface area (Å²) in [4.78, 5) is 29.1. The summed E-state index contributed by atoms with van der Waals surface area (Å²) in [5.41, 5.74) is 3.70. The number of anilines is 1. The van der Waals surface area contributed by atoms with Gasteiger partial charge in [0.2, 0.25) is 0 Å². The summed E-state index contributed by atoms with van der Waals surface area (Å²) in [6.07, 6.45) is 1.66. The number of nitrogens with zero attached hydrogens (tertiary/aromatic N) is 6. The predicted molar refractivity (Wildman–Crippen MR) is 207 cm³/mol. The van der Waals surface area contributed by atoms with Crippen LogP contribution < -0.4 is 14.4 Å². The van der Waals surface area contributed by atoms with Gasteiger partial charge in [-0.3, -0.25) is 5.10 Å². The number of alkyl halides is 3. The Kier molecular flexibility index (Phi) is 10.2. The van der Waals surface area contributed by atoms with Crippen molar-refractivity contribution in [2.45, 2.75) is 90.0 Å². The van der Waals surface area contributed by atoms with Crippen LogP contribution in [0.4, 0.5) is 23.8 Å². The van der Waals surface area contributed by atoms with Crippen molar-refractivity contribution in [3.8, 4) is 22.9 Å². The maximum absolute atomic E-state index is 14.1. The van der Waals surface area contributed by atoms with Gasteiger partial charge in [-0.1, -0.05) is 6.07 Å². The van der Waals surface area contributed by atoms with Gasteiger partial charge in [0.15, 0.2) is 12.4 Å². The van der Waals surface area contributed by atoms with Crippen molar-refractivity contribution in [1.82, 2.24) is 30.0 Å². The number of aromatic nitrogens is 4. The van der Waals surface area contributed by atoms with E-state index in [1.54, 1.807) is 18.2 Å². The molecular formula is C41H52F3N7O5. The molecule has 1 saturated carbocycles. The molecule has 12 nitrogen and oxygen atoms in total. The number of ether oxygens (including phenoxy) is 4. The quantitative estimate of drug-likeness (QED) is 0.172. The van der Waals surface area contributed by atoms with Crippen LogP contribution in [0.15, 0.2) is 24.4 Å². The third-order valence-electron chi connectivity index (χ3n) is 11.7. The number of aryl methyl sites for hydroxylation is 1. The lowest BCUT2D eigenvalue weighted by Crippen LogP contribution is -2.62. The molecule has 0 atom stereocenters. The van der Waals surface area contributed by atoms with Crippen molar-refractivity contribution < 1.29 is 36.9 Å². The number of likely N-dealkylation sites (tertiary alicyclic amines) is 2. The van der Waals surface area contributed by atoms with Gasteiger partial charge >= 0.3 is 18.3 Å². The number of hydrogen-bond acceptors (Lipinski definition) is 10. The molecular weight excluding hydrogens is 727 g/mol. The summed E-state index contributed by atoms with van der Waals surface area (Å²) in [5.74, 6) is 0.862. The Bertz CT molecular complexity index is 2070. The van der Waals surface area contributed by atoms with E-state index in [1.807, 2.05) is 39.8 Å². The first kappa shape index (κ1) is 38.5. The highest BCUT2D eigenvalue weighted by Gasteiger charge is 2.48. The van der Waals surface area contributed by atoms with E-state index in [2.05, 4.69) is 26.1 Å². The average molecular weight is 780 g/mol. The normalized spacial score (nSPS) is 19.5. The van der Waals surface area contributed by atoms with E-state index in [0.717, 1.165) is 85.8 Å². The van der Waals surface area contributed by atoms with Gasteiger partial charge in [0.25, 0.3) is 0 Å². The fraction of sp³-hybridized carbons (Fsp3) is 0.610. The molecule has 15 heteroatoms. The second kappa shape index (κ2) is 14.9. The molecule has 8 rings (SSSR count). The molecule has 1 N–H and O–H groups in total. The number of rotatable bonds is 10. The van der Waals surface area contributed by atoms with Gasteiger partial charge in [0.05, 0.1) is 18.3 Å². The molecule has 4 fully saturated rings. The number of H-pyrrole nitrogens is 1. The van der Waals surface area contributed by atoms with E-state index >= 15 is 0 Å². The van der Waals surface area contributed by atoms with E-state index in [0.29, 0.717) is 55.1 Å². The first-order valence-electron chi connectivity index (χ1n) is 19.8. The largest absolute Gasteiger partial charge is 0.481 e. The highest BCUT2D eigenvalue weighted by Crippen LogP contribution is 2.53. The van der Waals surface area contributed by atoms with Crippen molar-refractivity contribution in [2.24, 2.45) is 5.41 Å². The van der Waals surface area contributed by atoms with Crippen LogP contribution in [0, 0.1) is 12.3 Å². The van der Waals surface area contributed by atoms with E-state index in [1.165, 1.54) is 0 Å². The third-order valence-corrected chi connectivity index (χ3v) is 11.7. The lowest BCUT2D eigenvalue weighted by atomic mass is 9.72. The van der Waals surface area contributed by atoms with E-state index in [4.69, 9.17) is 28.9 Å². The standard InChI is InChI=1S/C41H52F3N7O5/c1-25-6-9-31-30(21-45-48-31)32(25)33-28(26-7-8-26)20-29-34(35(33)54-24-41(42,43)44)46-37(55-27-10-14-49(15-11-27)18-19-53-5)47-36(29)50-16-12-40(13-17-50)22-51(23-40)38(52)56-39(2,3)4/h6,9,20-21,26-27H,7-8,10-19,22-24H2,1-5H3,(H,45,48). The number of nitrogens with one attached hydrogen (secondary N) is 1. The van der Waals surface area contributed by atoms with Crippen LogP contribution in [-0.4, -0.2) is 120 Å². The summed E-state index contributed by atoms with van der Waals surface area (Å²) in [6, 6.07) is 6.10. The molecule has 0 unspecified atom stereocenters. The molecule has 5 heterocycles. The Morgan fingerprint density at radius 1 is 0.982 bits per heavy atom. The first-order chi connectivity index (χ1) is 26.7. The maximum atomic E-state index is 14.1. The number of aromatic amines is 1. The van der Waals surface area contributed by atoms with Crippen molar-refractivity contribution in [3.05, 3.63) is 35.5 Å².